The molecule has 0 amide bonds. The van der Waals surface area contributed by atoms with Gasteiger partial charge in [0.1, 0.15) is 5.75 Å². The zero-order valence-electron chi connectivity index (χ0n) is 12.8. The van der Waals surface area contributed by atoms with Gasteiger partial charge in [0.25, 0.3) is 0 Å². The predicted octanol–water partition coefficient (Wildman–Crippen LogP) is 4.83. The first kappa shape index (κ1) is 14.9. The summed E-state index contributed by atoms with van der Waals surface area (Å²) < 4.78 is 5.89. The van der Waals surface area contributed by atoms with Crippen molar-refractivity contribution in [2.45, 2.75) is 26.9 Å². The first-order valence-electron chi connectivity index (χ1n) is 7.05. The van der Waals surface area contributed by atoms with Crippen LogP contribution in [-0.4, -0.2) is 6.10 Å². The van der Waals surface area contributed by atoms with Crippen molar-refractivity contribution in [2.24, 2.45) is 0 Å². The molecule has 0 unspecified atom stereocenters. The van der Waals surface area contributed by atoms with Gasteiger partial charge in [-0.2, -0.15) is 0 Å². The second-order valence-corrected chi connectivity index (χ2v) is 5.37. The third kappa shape index (κ3) is 3.55. The Morgan fingerprint density at radius 3 is 2.57 bits per heavy atom. The Hall–Kier alpha value is -2.46. The first-order valence-corrected chi connectivity index (χ1v) is 7.05. The minimum absolute atomic E-state index is 0.103. The van der Waals surface area contributed by atoms with Crippen molar-refractivity contribution in [1.29, 1.82) is 0 Å². The Labute approximate surface area is 127 Å². The van der Waals surface area contributed by atoms with Crippen molar-refractivity contribution < 1.29 is 4.74 Å². The van der Waals surface area contributed by atoms with Gasteiger partial charge in [-0.3, -0.25) is 0 Å². The average Bonchev–Trinajstić information content (AvgIpc) is 2.46. The summed E-state index contributed by atoms with van der Waals surface area (Å²) in [4.78, 5) is 0. The van der Waals surface area contributed by atoms with E-state index in [1.165, 1.54) is 5.56 Å². The molecule has 2 aromatic rings. The van der Waals surface area contributed by atoms with E-state index >= 15 is 0 Å². The topological polar surface area (TPSA) is 9.23 Å². The van der Waals surface area contributed by atoms with Gasteiger partial charge >= 0.3 is 0 Å². The summed E-state index contributed by atoms with van der Waals surface area (Å²) in [5.74, 6) is 3.48. The number of rotatable bonds is 4. The number of terminal acetylenes is 1. The molecule has 0 atom stereocenters. The van der Waals surface area contributed by atoms with Gasteiger partial charge in [-0.25, -0.2) is 0 Å². The van der Waals surface area contributed by atoms with E-state index in [0.29, 0.717) is 0 Å². The molecule has 1 heteroatoms. The molecular formula is C20H20O. The van der Waals surface area contributed by atoms with Crippen molar-refractivity contribution in [3.8, 4) is 18.1 Å². The van der Waals surface area contributed by atoms with Crippen LogP contribution in [0.15, 0.2) is 49.0 Å². The van der Waals surface area contributed by atoms with Crippen LogP contribution in [-0.2, 0) is 0 Å². The minimum Gasteiger partial charge on any atom is -0.490 e. The average molecular weight is 276 g/mol. The fourth-order valence-electron chi connectivity index (χ4n) is 2.20. The lowest BCUT2D eigenvalue weighted by Crippen LogP contribution is -2.07. The summed E-state index contributed by atoms with van der Waals surface area (Å²) in [6.07, 6.45) is 5.62. The van der Waals surface area contributed by atoms with Crippen molar-refractivity contribution in [1.82, 2.24) is 0 Å². The van der Waals surface area contributed by atoms with Crippen LogP contribution < -0.4 is 4.74 Å². The molecule has 2 aromatic carbocycles. The molecule has 0 saturated heterocycles. The van der Waals surface area contributed by atoms with E-state index in [1.807, 2.05) is 38.1 Å². The molecule has 0 aliphatic carbocycles. The van der Waals surface area contributed by atoms with Gasteiger partial charge in [-0.1, -0.05) is 42.3 Å². The van der Waals surface area contributed by atoms with Crippen LogP contribution in [0.5, 0.6) is 5.75 Å². The Balaban J connectivity index is 2.50. The van der Waals surface area contributed by atoms with Gasteiger partial charge in [-0.15, -0.1) is 6.42 Å². The summed E-state index contributed by atoms with van der Waals surface area (Å²) in [6, 6.07) is 14.0. The van der Waals surface area contributed by atoms with E-state index in [9.17, 15) is 0 Å². The zero-order chi connectivity index (χ0) is 15.4. The third-order valence-corrected chi connectivity index (χ3v) is 3.20. The largest absolute Gasteiger partial charge is 0.490 e. The number of benzene rings is 2. The van der Waals surface area contributed by atoms with Crippen LogP contribution in [0, 0.1) is 19.3 Å². The number of hydrogen-bond acceptors (Lipinski definition) is 1. The van der Waals surface area contributed by atoms with Crippen molar-refractivity contribution in [3.63, 3.8) is 0 Å². The maximum atomic E-state index is 5.89. The molecule has 0 spiro atoms. The molecule has 0 saturated carbocycles. The van der Waals surface area contributed by atoms with Crippen LogP contribution in [0.1, 0.15) is 36.1 Å². The molecule has 0 aliphatic rings. The Morgan fingerprint density at radius 1 is 1.19 bits per heavy atom. The highest BCUT2D eigenvalue weighted by molar-refractivity contribution is 5.82. The maximum absolute atomic E-state index is 5.89. The Morgan fingerprint density at radius 2 is 1.95 bits per heavy atom. The summed E-state index contributed by atoms with van der Waals surface area (Å²) >= 11 is 0. The second kappa shape index (κ2) is 6.33. The van der Waals surface area contributed by atoms with Gasteiger partial charge in [-0.05, 0) is 50.1 Å². The maximum Gasteiger partial charge on any atom is 0.127 e. The highest BCUT2D eigenvalue weighted by Crippen LogP contribution is 2.31. The molecule has 0 N–H and O–H groups in total. The van der Waals surface area contributed by atoms with E-state index in [1.54, 1.807) is 0 Å². The third-order valence-electron chi connectivity index (χ3n) is 3.20. The molecule has 0 fully saturated rings. The van der Waals surface area contributed by atoms with Crippen LogP contribution in [0.25, 0.3) is 5.57 Å². The van der Waals surface area contributed by atoms with Gasteiger partial charge < -0.3 is 4.74 Å². The van der Waals surface area contributed by atoms with Crippen molar-refractivity contribution in [3.05, 3.63) is 71.3 Å². The fraction of sp³-hybridized carbons (Fsp3) is 0.200. The lowest BCUT2D eigenvalue weighted by atomic mass is 9.96. The lowest BCUT2D eigenvalue weighted by molar-refractivity contribution is 0.242. The predicted molar refractivity (Wildman–Crippen MR) is 89.5 cm³/mol. The Kier molecular flexibility index (Phi) is 4.50. The van der Waals surface area contributed by atoms with Crippen LogP contribution in [0.4, 0.5) is 0 Å². The summed E-state index contributed by atoms with van der Waals surface area (Å²) in [6.45, 7) is 10.3. The lowest BCUT2D eigenvalue weighted by Gasteiger charge is -2.16. The second-order valence-electron chi connectivity index (χ2n) is 5.37. The number of aryl methyl sites for hydroxylation is 1. The van der Waals surface area contributed by atoms with E-state index in [2.05, 4.69) is 37.6 Å². The van der Waals surface area contributed by atoms with E-state index in [4.69, 9.17) is 11.2 Å². The SMILES string of the molecule is C#Cc1ccc(OC(C)C)c(C(=C)c2cccc(C)c2)c1. The molecule has 2 rings (SSSR count). The highest BCUT2D eigenvalue weighted by Gasteiger charge is 2.11. The van der Waals surface area contributed by atoms with E-state index < -0.39 is 0 Å². The molecule has 0 radical (unpaired) electrons. The minimum atomic E-state index is 0.103. The van der Waals surface area contributed by atoms with E-state index in [-0.39, 0.29) is 6.10 Å². The zero-order valence-corrected chi connectivity index (χ0v) is 12.8. The molecule has 1 nitrogen and oxygen atoms in total. The summed E-state index contributed by atoms with van der Waals surface area (Å²) in [5, 5.41) is 0. The standard InChI is InChI=1S/C20H20O/c1-6-17-10-11-20(21-14(2)3)19(13-17)16(5)18-9-7-8-15(4)12-18/h1,7-14H,5H2,2-4H3. The van der Waals surface area contributed by atoms with Crippen LogP contribution >= 0.6 is 0 Å². The number of ether oxygens (including phenoxy) is 1. The van der Waals surface area contributed by atoms with Crippen molar-refractivity contribution in [2.75, 3.05) is 0 Å². The number of hydrogen-bond donors (Lipinski definition) is 0. The molecule has 106 valence electrons. The molecule has 0 bridgehead atoms. The van der Waals surface area contributed by atoms with Gasteiger partial charge in [0.05, 0.1) is 6.10 Å². The van der Waals surface area contributed by atoms with Gasteiger partial charge in [0.2, 0.25) is 0 Å². The Bertz CT molecular complexity index is 702. The quantitative estimate of drug-likeness (QED) is 0.727. The molecule has 0 aromatic heterocycles. The van der Waals surface area contributed by atoms with Crippen LogP contribution in [0.3, 0.4) is 0 Å². The normalized spacial score (nSPS) is 10.2. The summed E-state index contributed by atoms with van der Waals surface area (Å²) in [5.41, 5.74) is 4.98. The smallest absolute Gasteiger partial charge is 0.127 e. The molecule has 0 aliphatic heterocycles. The van der Waals surface area contributed by atoms with Gasteiger partial charge in [0.15, 0.2) is 0 Å². The fourth-order valence-corrected chi connectivity index (χ4v) is 2.20. The van der Waals surface area contributed by atoms with Crippen LogP contribution in [0.2, 0.25) is 0 Å². The molecule has 0 heterocycles. The molecular weight excluding hydrogens is 256 g/mol. The summed E-state index contributed by atoms with van der Waals surface area (Å²) in [7, 11) is 0. The van der Waals surface area contributed by atoms with Gasteiger partial charge in [0, 0.05) is 11.1 Å². The monoisotopic (exact) mass is 276 g/mol. The van der Waals surface area contributed by atoms with E-state index in [0.717, 1.165) is 28.0 Å². The first-order chi connectivity index (χ1) is 10.0. The van der Waals surface area contributed by atoms with Crippen molar-refractivity contribution >= 4 is 5.57 Å². The highest BCUT2D eigenvalue weighted by atomic mass is 16.5. The molecule has 21 heavy (non-hydrogen) atoms.